The van der Waals surface area contributed by atoms with E-state index in [0.717, 1.165) is 31.9 Å². The summed E-state index contributed by atoms with van der Waals surface area (Å²) in [6, 6.07) is 14.5. The standard InChI is InChI=1S/C20H27N3O2/c1-16(2)20(24)21-15-18(19-9-6-14-25-19)23-12-10-22(11-13-23)17-7-4-3-5-8-17/h3-9,14,16,18H,10-13,15H2,1-2H3,(H,21,24)/t18-/m1/s1. The van der Waals surface area contributed by atoms with Crippen molar-refractivity contribution < 1.29 is 9.21 Å². The second kappa shape index (κ2) is 8.21. The van der Waals surface area contributed by atoms with Gasteiger partial charge in [0.1, 0.15) is 5.76 Å². The van der Waals surface area contributed by atoms with Crippen LogP contribution in [0.25, 0.3) is 0 Å². The number of anilines is 1. The van der Waals surface area contributed by atoms with Crippen LogP contribution in [0.2, 0.25) is 0 Å². The molecular formula is C20H27N3O2. The number of hydrogen-bond acceptors (Lipinski definition) is 4. The molecule has 0 radical (unpaired) electrons. The Balaban J connectivity index is 1.63. The predicted octanol–water partition coefficient (Wildman–Crippen LogP) is 2.92. The van der Waals surface area contributed by atoms with Crippen LogP contribution < -0.4 is 10.2 Å². The Kier molecular flexibility index (Phi) is 5.76. The molecule has 5 heteroatoms. The number of carbonyl (C=O) groups is 1. The zero-order valence-electron chi connectivity index (χ0n) is 15.0. The van der Waals surface area contributed by atoms with Crippen molar-refractivity contribution in [1.82, 2.24) is 10.2 Å². The van der Waals surface area contributed by atoms with Crippen LogP contribution in [0.3, 0.4) is 0 Å². The fourth-order valence-electron chi connectivity index (χ4n) is 3.22. The van der Waals surface area contributed by atoms with Crippen molar-refractivity contribution >= 4 is 11.6 Å². The molecule has 0 saturated carbocycles. The van der Waals surface area contributed by atoms with Crippen LogP contribution in [0.5, 0.6) is 0 Å². The number of carbonyl (C=O) groups excluding carboxylic acids is 1. The normalized spacial score (nSPS) is 16.8. The van der Waals surface area contributed by atoms with Crippen molar-refractivity contribution in [3.05, 3.63) is 54.5 Å². The number of benzene rings is 1. The third-order valence-corrected chi connectivity index (χ3v) is 4.74. The highest BCUT2D eigenvalue weighted by molar-refractivity contribution is 5.77. The number of para-hydroxylation sites is 1. The van der Waals surface area contributed by atoms with E-state index in [9.17, 15) is 4.79 Å². The van der Waals surface area contributed by atoms with Gasteiger partial charge in [-0.1, -0.05) is 32.0 Å². The van der Waals surface area contributed by atoms with Gasteiger partial charge in [-0.25, -0.2) is 0 Å². The first kappa shape index (κ1) is 17.5. The smallest absolute Gasteiger partial charge is 0.222 e. The molecule has 1 fully saturated rings. The summed E-state index contributed by atoms with van der Waals surface area (Å²) in [6.07, 6.45) is 1.70. The van der Waals surface area contributed by atoms with E-state index < -0.39 is 0 Å². The van der Waals surface area contributed by atoms with Crippen molar-refractivity contribution in [2.45, 2.75) is 19.9 Å². The summed E-state index contributed by atoms with van der Waals surface area (Å²) in [6.45, 7) is 8.23. The van der Waals surface area contributed by atoms with E-state index in [4.69, 9.17) is 4.42 Å². The third-order valence-electron chi connectivity index (χ3n) is 4.74. The molecule has 5 nitrogen and oxygen atoms in total. The topological polar surface area (TPSA) is 48.7 Å². The summed E-state index contributed by atoms with van der Waals surface area (Å²) in [7, 11) is 0. The van der Waals surface area contributed by atoms with Crippen molar-refractivity contribution in [2.75, 3.05) is 37.6 Å². The highest BCUT2D eigenvalue weighted by Gasteiger charge is 2.27. The molecule has 1 aliphatic heterocycles. The average molecular weight is 341 g/mol. The molecule has 134 valence electrons. The molecule has 3 rings (SSSR count). The van der Waals surface area contributed by atoms with E-state index in [0.29, 0.717) is 6.54 Å². The molecule has 2 aromatic rings. The molecule has 1 N–H and O–H groups in total. The molecule has 2 heterocycles. The molecular weight excluding hydrogens is 314 g/mol. The Morgan fingerprint density at radius 2 is 1.80 bits per heavy atom. The lowest BCUT2D eigenvalue weighted by Crippen LogP contribution is -2.50. The second-order valence-electron chi connectivity index (χ2n) is 6.79. The molecule has 0 spiro atoms. The second-order valence-corrected chi connectivity index (χ2v) is 6.79. The van der Waals surface area contributed by atoms with Gasteiger partial charge in [0.05, 0.1) is 12.3 Å². The van der Waals surface area contributed by atoms with Crippen LogP contribution in [-0.4, -0.2) is 43.5 Å². The van der Waals surface area contributed by atoms with Gasteiger partial charge in [-0.3, -0.25) is 9.69 Å². The van der Waals surface area contributed by atoms with Crippen LogP contribution in [-0.2, 0) is 4.79 Å². The first-order valence-electron chi connectivity index (χ1n) is 9.00. The zero-order chi connectivity index (χ0) is 17.6. The van der Waals surface area contributed by atoms with Gasteiger partial charge in [-0.2, -0.15) is 0 Å². The maximum atomic E-state index is 12.0. The molecule has 1 aromatic heterocycles. The largest absolute Gasteiger partial charge is 0.468 e. The molecule has 0 unspecified atom stereocenters. The van der Waals surface area contributed by atoms with Gasteiger partial charge in [-0.05, 0) is 24.3 Å². The maximum absolute atomic E-state index is 12.0. The van der Waals surface area contributed by atoms with E-state index in [1.165, 1.54) is 5.69 Å². The minimum absolute atomic E-state index is 0.00724. The average Bonchev–Trinajstić information content (AvgIpc) is 3.17. The summed E-state index contributed by atoms with van der Waals surface area (Å²) in [5.74, 6) is 0.990. The number of rotatable bonds is 6. The molecule has 0 bridgehead atoms. The Morgan fingerprint density at radius 3 is 2.40 bits per heavy atom. The van der Waals surface area contributed by atoms with Gasteiger partial charge in [0, 0.05) is 44.3 Å². The van der Waals surface area contributed by atoms with Gasteiger partial charge < -0.3 is 14.6 Å². The molecule has 1 aliphatic rings. The monoisotopic (exact) mass is 341 g/mol. The summed E-state index contributed by atoms with van der Waals surface area (Å²) >= 11 is 0. The van der Waals surface area contributed by atoms with Gasteiger partial charge in [0.25, 0.3) is 0 Å². The Bertz CT molecular complexity index is 647. The minimum Gasteiger partial charge on any atom is -0.468 e. The molecule has 1 amide bonds. The lowest BCUT2D eigenvalue weighted by atomic mass is 10.1. The predicted molar refractivity (Wildman–Crippen MR) is 99.5 cm³/mol. The Labute approximate surface area is 149 Å². The van der Waals surface area contributed by atoms with Crippen LogP contribution in [0.15, 0.2) is 53.1 Å². The SMILES string of the molecule is CC(C)C(=O)NC[C@H](c1ccco1)N1CCN(c2ccccc2)CC1. The summed E-state index contributed by atoms with van der Waals surface area (Å²) in [4.78, 5) is 16.8. The van der Waals surface area contributed by atoms with Gasteiger partial charge in [-0.15, -0.1) is 0 Å². The number of piperazine rings is 1. The van der Waals surface area contributed by atoms with Gasteiger partial charge >= 0.3 is 0 Å². The van der Waals surface area contributed by atoms with E-state index in [1.807, 2.05) is 32.0 Å². The first-order valence-corrected chi connectivity index (χ1v) is 9.00. The number of hydrogen-bond donors (Lipinski definition) is 1. The number of nitrogens with zero attached hydrogens (tertiary/aromatic N) is 2. The molecule has 0 aliphatic carbocycles. The van der Waals surface area contributed by atoms with Crippen LogP contribution >= 0.6 is 0 Å². The highest BCUT2D eigenvalue weighted by atomic mass is 16.3. The molecule has 1 aromatic carbocycles. The zero-order valence-corrected chi connectivity index (χ0v) is 15.0. The molecule has 25 heavy (non-hydrogen) atoms. The summed E-state index contributed by atoms with van der Waals surface area (Å²) < 4.78 is 5.65. The first-order chi connectivity index (χ1) is 12.1. The fourth-order valence-corrected chi connectivity index (χ4v) is 3.22. The fraction of sp³-hybridized carbons (Fsp3) is 0.450. The van der Waals surface area contributed by atoms with Gasteiger partial charge in [0.15, 0.2) is 0 Å². The van der Waals surface area contributed by atoms with Crippen molar-refractivity contribution in [3.8, 4) is 0 Å². The van der Waals surface area contributed by atoms with Crippen molar-refractivity contribution in [3.63, 3.8) is 0 Å². The van der Waals surface area contributed by atoms with E-state index in [1.54, 1.807) is 6.26 Å². The van der Waals surface area contributed by atoms with Crippen molar-refractivity contribution in [2.24, 2.45) is 5.92 Å². The Morgan fingerprint density at radius 1 is 1.08 bits per heavy atom. The van der Waals surface area contributed by atoms with Crippen LogP contribution in [0.4, 0.5) is 5.69 Å². The van der Waals surface area contributed by atoms with E-state index >= 15 is 0 Å². The summed E-state index contributed by atoms with van der Waals surface area (Å²) in [5, 5.41) is 3.06. The highest BCUT2D eigenvalue weighted by Crippen LogP contribution is 2.24. The minimum atomic E-state index is -0.00724. The lowest BCUT2D eigenvalue weighted by molar-refractivity contribution is -0.124. The Hall–Kier alpha value is -2.27. The van der Waals surface area contributed by atoms with Crippen molar-refractivity contribution in [1.29, 1.82) is 0 Å². The number of nitrogens with one attached hydrogen (secondary N) is 1. The van der Waals surface area contributed by atoms with E-state index in [-0.39, 0.29) is 17.9 Å². The van der Waals surface area contributed by atoms with E-state index in [2.05, 4.69) is 39.4 Å². The molecule has 1 saturated heterocycles. The number of amides is 1. The van der Waals surface area contributed by atoms with Gasteiger partial charge in [0.2, 0.25) is 5.91 Å². The quantitative estimate of drug-likeness (QED) is 0.878. The maximum Gasteiger partial charge on any atom is 0.222 e. The molecule has 1 atom stereocenters. The van der Waals surface area contributed by atoms with Crippen LogP contribution in [0, 0.1) is 5.92 Å². The lowest BCUT2D eigenvalue weighted by Gasteiger charge is -2.39. The third kappa shape index (κ3) is 4.42. The summed E-state index contributed by atoms with van der Waals surface area (Å²) in [5.41, 5.74) is 1.27. The van der Waals surface area contributed by atoms with Crippen LogP contribution in [0.1, 0.15) is 25.6 Å². The number of furan rings is 1.